The molecular formula is C26H37O3P. The zero-order chi connectivity index (χ0) is 22.1. The third-order valence-corrected chi connectivity index (χ3v) is 9.83. The maximum Gasteiger partial charge on any atom is 0.127 e. The van der Waals surface area contributed by atoms with Gasteiger partial charge in [0.05, 0.1) is 13.2 Å². The van der Waals surface area contributed by atoms with E-state index in [1.807, 2.05) is 7.11 Å². The monoisotopic (exact) mass is 428 g/mol. The van der Waals surface area contributed by atoms with Gasteiger partial charge in [-0.05, 0) is 56.2 Å². The number of hydrogen-bond donors (Lipinski definition) is 1. The van der Waals surface area contributed by atoms with Gasteiger partial charge in [-0.25, -0.2) is 0 Å². The Balaban J connectivity index is 2.30. The first-order valence-electron chi connectivity index (χ1n) is 11.0. The van der Waals surface area contributed by atoms with Crippen LogP contribution in [0.15, 0.2) is 36.4 Å². The number of rotatable bonds is 5. The van der Waals surface area contributed by atoms with Crippen molar-refractivity contribution in [3.05, 3.63) is 47.5 Å². The van der Waals surface area contributed by atoms with E-state index >= 15 is 0 Å². The van der Waals surface area contributed by atoms with E-state index < -0.39 is 7.92 Å². The summed E-state index contributed by atoms with van der Waals surface area (Å²) in [5.74, 6) is 1.86. The summed E-state index contributed by atoms with van der Waals surface area (Å²) >= 11 is 0. The second-order valence-electron chi connectivity index (χ2n) is 9.59. The molecule has 3 nitrogen and oxygen atoms in total. The number of para-hydroxylation sites is 1. The highest BCUT2D eigenvalue weighted by Gasteiger charge is 2.41. The summed E-state index contributed by atoms with van der Waals surface area (Å²) < 4.78 is 11.9. The highest BCUT2D eigenvalue weighted by atomic mass is 31.1. The fourth-order valence-electron chi connectivity index (χ4n) is 4.89. The third kappa shape index (κ3) is 4.39. The first-order valence-corrected chi connectivity index (χ1v) is 12.4. The number of ether oxygens (including phenoxy) is 2. The van der Waals surface area contributed by atoms with Gasteiger partial charge in [0.1, 0.15) is 11.5 Å². The van der Waals surface area contributed by atoms with Crippen LogP contribution in [-0.4, -0.2) is 31.1 Å². The van der Waals surface area contributed by atoms with Gasteiger partial charge >= 0.3 is 0 Å². The summed E-state index contributed by atoms with van der Waals surface area (Å²) in [7, 11) is 2.70. The van der Waals surface area contributed by atoms with Crippen LogP contribution in [0.3, 0.4) is 0 Å². The van der Waals surface area contributed by atoms with Crippen LogP contribution in [0.1, 0.15) is 58.1 Å². The maximum atomic E-state index is 11.5. The smallest absolute Gasteiger partial charge is 0.127 e. The van der Waals surface area contributed by atoms with Crippen LogP contribution in [0, 0.1) is 12.8 Å². The van der Waals surface area contributed by atoms with Crippen molar-refractivity contribution in [1.82, 2.24) is 0 Å². The predicted molar refractivity (Wildman–Crippen MR) is 128 cm³/mol. The highest BCUT2D eigenvalue weighted by Crippen LogP contribution is 2.53. The van der Waals surface area contributed by atoms with Crippen molar-refractivity contribution in [3.63, 3.8) is 0 Å². The Morgan fingerprint density at radius 3 is 2.37 bits per heavy atom. The van der Waals surface area contributed by atoms with Gasteiger partial charge in [0, 0.05) is 23.4 Å². The van der Waals surface area contributed by atoms with Gasteiger partial charge < -0.3 is 14.6 Å². The van der Waals surface area contributed by atoms with Gasteiger partial charge in [-0.15, -0.1) is 0 Å². The molecule has 4 atom stereocenters. The molecule has 1 N–H and O–H groups in total. The van der Waals surface area contributed by atoms with Crippen molar-refractivity contribution < 1.29 is 14.6 Å². The summed E-state index contributed by atoms with van der Waals surface area (Å²) in [6, 6.07) is 12.5. The van der Waals surface area contributed by atoms with E-state index in [0.717, 1.165) is 23.0 Å². The Morgan fingerprint density at radius 2 is 1.73 bits per heavy atom. The number of hydrogen-bond acceptors (Lipinski definition) is 3. The molecule has 3 rings (SSSR count). The molecule has 0 heterocycles. The summed E-state index contributed by atoms with van der Waals surface area (Å²) in [6.07, 6.45) is 3.63. The van der Waals surface area contributed by atoms with Crippen LogP contribution in [0.2, 0.25) is 0 Å². The lowest BCUT2D eigenvalue weighted by Gasteiger charge is -2.42. The number of methoxy groups -OCH3 is 2. The SMILES string of the molecule is COc1cccc(C)c1P(c1cccc(C(C)(C)C)c1O)C1C(C)CCCC1OC. The Labute approximate surface area is 183 Å². The molecule has 0 bridgehead atoms. The van der Waals surface area contributed by atoms with Gasteiger partial charge in [-0.2, -0.15) is 0 Å². The standard InChI is InChI=1S/C26H37O3P/c1-17-11-8-14-20(28-6)24(17)30(25-18(2)12-9-15-21(25)29-7)22-16-10-13-19(23(22)27)26(3,4)5/h8,10-11,13-14,16,18,21,25,27H,9,12,15H2,1-7H3. The van der Waals surface area contributed by atoms with E-state index in [1.165, 1.54) is 23.7 Å². The quantitative estimate of drug-likeness (QED) is 0.626. The molecule has 0 amide bonds. The van der Waals surface area contributed by atoms with Crippen LogP contribution in [0.4, 0.5) is 0 Å². The highest BCUT2D eigenvalue weighted by molar-refractivity contribution is 7.74. The molecule has 1 aliphatic carbocycles. The lowest BCUT2D eigenvalue weighted by molar-refractivity contribution is 0.0593. The summed E-state index contributed by atoms with van der Waals surface area (Å²) in [5.41, 5.74) is 2.41. The minimum absolute atomic E-state index is 0.129. The van der Waals surface area contributed by atoms with E-state index in [1.54, 1.807) is 7.11 Å². The average Bonchev–Trinajstić information content (AvgIpc) is 2.70. The Kier molecular flexibility index (Phi) is 7.15. The second-order valence-corrected chi connectivity index (χ2v) is 11.9. The van der Waals surface area contributed by atoms with Crippen LogP contribution in [0.25, 0.3) is 0 Å². The minimum atomic E-state index is -0.885. The van der Waals surface area contributed by atoms with E-state index in [4.69, 9.17) is 9.47 Å². The number of aryl methyl sites for hydroxylation is 1. The van der Waals surface area contributed by atoms with E-state index in [-0.39, 0.29) is 11.5 Å². The molecular weight excluding hydrogens is 391 g/mol. The molecule has 164 valence electrons. The molecule has 0 aromatic heterocycles. The normalized spacial score (nSPS) is 23.2. The van der Waals surface area contributed by atoms with Gasteiger partial charge in [0.25, 0.3) is 0 Å². The fourth-order valence-corrected chi connectivity index (χ4v) is 8.47. The molecule has 0 radical (unpaired) electrons. The Bertz CT molecular complexity index is 871. The van der Waals surface area contributed by atoms with Crippen molar-refractivity contribution in [2.75, 3.05) is 14.2 Å². The van der Waals surface area contributed by atoms with Crippen LogP contribution in [0.5, 0.6) is 11.5 Å². The Hall–Kier alpha value is -1.57. The van der Waals surface area contributed by atoms with Crippen molar-refractivity contribution in [2.45, 2.75) is 71.1 Å². The molecule has 1 saturated carbocycles. The lowest BCUT2D eigenvalue weighted by Crippen LogP contribution is -2.41. The topological polar surface area (TPSA) is 38.7 Å². The third-order valence-electron chi connectivity index (χ3n) is 6.46. The number of benzene rings is 2. The van der Waals surface area contributed by atoms with Crippen molar-refractivity contribution in [3.8, 4) is 11.5 Å². The van der Waals surface area contributed by atoms with Gasteiger partial charge in [0.2, 0.25) is 0 Å². The summed E-state index contributed by atoms with van der Waals surface area (Å²) in [5, 5.41) is 13.8. The molecule has 0 aliphatic heterocycles. The second kappa shape index (κ2) is 9.28. The minimum Gasteiger partial charge on any atom is -0.507 e. The molecule has 0 saturated heterocycles. The van der Waals surface area contributed by atoms with Crippen LogP contribution >= 0.6 is 7.92 Å². The molecule has 0 spiro atoms. The average molecular weight is 429 g/mol. The Morgan fingerprint density at radius 1 is 1.03 bits per heavy atom. The fraction of sp³-hybridized carbons (Fsp3) is 0.538. The lowest BCUT2D eigenvalue weighted by atomic mass is 9.86. The number of phenols is 1. The number of phenolic OH excluding ortho intramolecular Hbond substituents is 1. The van der Waals surface area contributed by atoms with Crippen LogP contribution in [-0.2, 0) is 10.2 Å². The summed E-state index contributed by atoms with van der Waals surface area (Å²) in [6.45, 7) is 11.0. The van der Waals surface area contributed by atoms with E-state index in [0.29, 0.717) is 17.3 Å². The zero-order valence-corrected chi connectivity index (χ0v) is 20.4. The zero-order valence-electron chi connectivity index (χ0n) is 19.5. The molecule has 4 heteroatoms. The predicted octanol–water partition coefficient (Wildman–Crippen LogP) is 5.64. The first-order chi connectivity index (χ1) is 14.2. The molecule has 30 heavy (non-hydrogen) atoms. The molecule has 2 aromatic carbocycles. The molecule has 2 aromatic rings. The van der Waals surface area contributed by atoms with Crippen molar-refractivity contribution in [1.29, 1.82) is 0 Å². The molecule has 1 aliphatic rings. The van der Waals surface area contributed by atoms with Gasteiger partial charge in [-0.3, -0.25) is 0 Å². The molecule has 1 fully saturated rings. The van der Waals surface area contributed by atoms with E-state index in [9.17, 15) is 5.11 Å². The van der Waals surface area contributed by atoms with Crippen molar-refractivity contribution in [2.24, 2.45) is 5.92 Å². The van der Waals surface area contributed by atoms with Crippen LogP contribution < -0.4 is 15.3 Å². The first kappa shape index (κ1) is 23.1. The van der Waals surface area contributed by atoms with Gasteiger partial charge in [-0.1, -0.05) is 64.4 Å². The van der Waals surface area contributed by atoms with Crippen molar-refractivity contribution >= 4 is 18.5 Å². The number of aromatic hydroxyl groups is 1. The summed E-state index contributed by atoms with van der Waals surface area (Å²) in [4.78, 5) is 0. The largest absolute Gasteiger partial charge is 0.507 e. The molecule has 4 unspecified atom stereocenters. The van der Waals surface area contributed by atoms with Gasteiger partial charge in [0.15, 0.2) is 0 Å². The maximum absolute atomic E-state index is 11.5. The van der Waals surface area contributed by atoms with E-state index in [2.05, 4.69) is 71.0 Å².